The van der Waals surface area contributed by atoms with Crippen LogP contribution in [0.3, 0.4) is 0 Å². The summed E-state index contributed by atoms with van der Waals surface area (Å²) >= 11 is 0. The normalized spacial score (nSPS) is 10.7. The molecule has 27 heavy (non-hydrogen) atoms. The zero-order valence-electron chi connectivity index (χ0n) is 15.7. The molecule has 5 nitrogen and oxygen atoms in total. The zero-order valence-corrected chi connectivity index (χ0v) is 15.7. The number of nitrogens with zero attached hydrogens (tertiary/aromatic N) is 2. The molecule has 0 aliphatic carbocycles. The van der Waals surface area contributed by atoms with Gasteiger partial charge in [-0.15, -0.1) is 0 Å². The Morgan fingerprint density at radius 2 is 1.78 bits per heavy atom. The molecule has 1 aromatic heterocycles. The molecule has 2 aromatic carbocycles. The van der Waals surface area contributed by atoms with E-state index in [4.69, 9.17) is 5.73 Å². The highest BCUT2D eigenvalue weighted by molar-refractivity contribution is 5.94. The van der Waals surface area contributed by atoms with Crippen molar-refractivity contribution in [2.24, 2.45) is 0 Å². The molecular weight excluding hydrogens is 336 g/mol. The van der Waals surface area contributed by atoms with Gasteiger partial charge in [0, 0.05) is 36.1 Å². The molecule has 140 valence electrons. The van der Waals surface area contributed by atoms with E-state index in [0.29, 0.717) is 11.3 Å². The van der Waals surface area contributed by atoms with Crippen molar-refractivity contribution in [2.75, 3.05) is 19.3 Å². The largest absolute Gasteiger partial charge is 0.399 e. The first kappa shape index (κ1) is 18.7. The van der Waals surface area contributed by atoms with Crippen LogP contribution in [0.1, 0.15) is 35.3 Å². The number of nitrogens with one attached hydrogen (secondary N) is 1. The van der Waals surface area contributed by atoms with Gasteiger partial charge in [0.2, 0.25) is 0 Å². The highest BCUT2D eigenvalue weighted by Crippen LogP contribution is 2.18. The molecule has 0 saturated heterocycles. The molecule has 0 atom stereocenters. The molecule has 3 aromatic rings. The Morgan fingerprint density at radius 3 is 2.52 bits per heavy atom. The molecule has 0 spiro atoms. The van der Waals surface area contributed by atoms with E-state index < -0.39 is 0 Å². The third kappa shape index (κ3) is 5.20. The number of nitrogen functional groups attached to an aromatic ring is 1. The summed E-state index contributed by atoms with van der Waals surface area (Å²) in [5, 5.41) is 7.51. The lowest BCUT2D eigenvalue weighted by molar-refractivity contribution is 0.0792. The Balaban J connectivity index is 1.38. The molecule has 0 radical (unpaired) electrons. The minimum absolute atomic E-state index is 0.0380. The predicted molar refractivity (Wildman–Crippen MR) is 109 cm³/mol. The summed E-state index contributed by atoms with van der Waals surface area (Å²) in [7, 11) is 1.85. The zero-order chi connectivity index (χ0) is 19.1. The van der Waals surface area contributed by atoms with Gasteiger partial charge in [-0.1, -0.05) is 36.8 Å². The van der Waals surface area contributed by atoms with Gasteiger partial charge in [0.1, 0.15) is 0 Å². The maximum atomic E-state index is 12.4. The first-order valence-corrected chi connectivity index (χ1v) is 9.34. The van der Waals surface area contributed by atoms with E-state index >= 15 is 0 Å². The summed E-state index contributed by atoms with van der Waals surface area (Å²) in [5.41, 5.74) is 10.3. The van der Waals surface area contributed by atoms with E-state index in [0.717, 1.165) is 49.2 Å². The number of unbranched alkanes of at least 4 members (excludes halogenated alkanes) is 2. The van der Waals surface area contributed by atoms with Gasteiger partial charge in [-0.25, -0.2) is 0 Å². The van der Waals surface area contributed by atoms with E-state index in [1.165, 1.54) is 0 Å². The first-order valence-electron chi connectivity index (χ1n) is 9.34. The second-order valence-electron chi connectivity index (χ2n) is 6.80. The number of H-pyrrole nitrogens is 1. The summed E-state index contributed by atoms with van der Waals surface area (Å²) in [6.45, 7) is 0.751. The van der Waals surface area contributed by atoms with Crippen molar-refractivity contribution in [3.8, 4) is 11.3 Å². The molecule has 3 rings (SSSR count). The lowest BCUT2D eigenvalue weighted by Crippen LogP contribution is -2.27. The molecule has 3 N–H and O–H groups in total. The molecule has 0 aliphatic rings. The van der Waals surface area contributed by atoms with Crippen LogP contribution < -0.4 is 5.73 Å². The molecule has 0 fully saturated rings. The predicted octanol–water partition coefficient (Wildman–Crippen LogP) is 4.14. The second kappa shape index (κ2) is 9.03. The van der Waals surface area contributed by atoms with Crippen molar-refractivity contribution in [2.45, 2.75) is 25.7 Å². The first-order chi connectivity index (χ1) is 13.1. The summed E-state index contributed by atoms with van der Waals surface area (Å²) in [4.78, 5) is 14.1. The summed E-state index contributed by atoms with van der Waals surface area (Å²) in [6, 6.07) is 19.4. The molecule has 0 bridgehead atoms. The number of hydrogen-bond acceptors (Lipinski definition) is 3. The molecule has 0 saturated carbocycles. The van der Waals surface area contributed by atoms with Gasteiger partial charge in [-0.3, -0.25) is 9.89 Å². The number of amides is 1. The Bertz CT molecular complexity index is 856. The highest BCUT2D eigenvalue weighted by Gasteiger charge is 2.11. The Labute approximate surface area is 160 Å². The third-order valence-electron chi connectivity index (χ3n) is 4.64. The fourth-order valence-corrected chi connectivity index (χ4v) is 3.04. The summed E-state index contributed by atoms with van der Waals surface area (Å²) in [6.07, 6.45) is 4.09. The van der Waals surface area contributed by atoms with Gasteiger partial charge < -0.3 is 10.6 Å². The standard InChI is InChI=1S/C22H26N4O/c1-26(22(27)18-11-13-19(23)14-12-18)15-7-3-6-10-20-16-21(25-24-20)17-8-4-2-5-9-17/h2,4-5,8-9,11-14,16H,3,6-7,10,15,23H2,1H3,(H,24,25). The number of benzene rings is 2. The summed E-state index contributed by atoms with van der Waals surface area (Å²) < 4.78 is 0. The number of anilines is 1. The van der Waals surface area contributed by atoms with Crippen LogP contribution in [0.2, 0.25) is 0 Å². The highest BCUT2D eigenvalue weighted by atomic mass is 16.2. The minimum atomic E-state index is 0.0380. The summed E-state index contributed by atoms with van der Waals surface area (Å²) in [5.74, 6) is 0.0380. The Morgan fingerprint density at radius 1 is 1.04 bits per heavy atom. The van der Waals surface area contributed by atoms with E-state index in [9.17, 15) is 4.79 Å². The van der Waals surface area contributed by atoms with Gasteiger partial charge >= 0.3 is 0 Å². The maximum Gasteiger partial charge on any atom is 0.253 e. The number of hydrogen-bond donors (Lipinski definition) is 2. The fourth-order valence-electron chi connectivity index (χ4n) is 3.04. The van der Waals surface area contributed by atoms with Gasteiger partial charge in [0.05, 0.1) is 5.69 Å². The van der Waals surface area contributed by atoms with Crippen molar-refractivity contribution >= 4 is 11.6 Å². The van der Waals surface area contributed by atoms with E-state index in [-0.39, 0.29) is 5.91 Å². The van der Waals surface area contributed by atoms with Gasteiger partial charge in [0.25, 0.3) is 5.91 Å². The average Bonchev–Trinajstić information content (AvgIpc) is 3.17. The molecule has 1 heterocycles. The topological polar surface area (TPSA) is 75.0 Å². The Hall–Kier alpha value is -3.08. The van der Waals surface area contributed by atoms with Crippen LogP contribution in [0.15, 0.2) is 60.7 Å². The van der Waals surface area contributed by atoms with Crippen molar-refractivity contribution in [1.82, 2.24) is 15.1 Å². The van der Waals surface area contributed by atoms with Crippen molar-refractivity contribution in [3.63, 3.8) is 0 Å². The monoisotopic (exact) mass is 362 g/mol. The molecular formula is C22H26N4O. The van der Waals surface area contributed by atoms with Crippen LogP contribution in [0, 0.1) is 0 Å². The number of aromatic amines is 1. The van der Waals surface area contributed by atoms with E-state index in [1.807, 2.05) is 25.2 Å². The van der Waals surface area contributed by atoms with Crippen LogP contribution in [-0.2, 0) is 6.42 Å². The van der Waals surface area contributed by atoms with Crippen molar-refractivity contribution in [3.05, 3.63) is 71.9 Å². The van der Waals surface area contributed by atoms with Crippen LogP contribution in [0.25, 0.3) is 11.3 Å². The van der Waals surface area contributed by atoms with Crippen LogP contribution in [0.4, 0.5) is 5.69 Å². The second-order valence-corrected chi connectivity index (χ2v) is 6.80. The van der Waals surface area contributed by atoms with E-state index in [2.05, 4.69) is 28.4 Å². The quantitative estimate of drug-likeness (QED) is 0.467. The number of rotatable bonds is 8. The molecule has 0 aliphatic heterocycles. The number of aromatic nitrogens is 2. The van der Waals surface area contributed by atoms with Crippen molar-refractivity contribution in [1.29, 1.82) is 0 Å². The van der Waals surface area contributed by atoms with Crippen LogP contribution >= 0.6 is 0 Å². The molecule has 1 amide bonds. The Kier molecular flexibility index (Phi) is 6.26. The fraction of sp³-hybridized carbons (Fsp3) is 0.273. The lowest BCUT2D eigenvalue weighted by atomic mass is 10.1. The van der Waals surface area contributed by atoms with Gasteiger partial charge in [-0.05, 0) is 49.6 Å². The molecule has 0 unspecified atom stereocenters. The van der Waals surface area contributed by atoms with Gasteiger partial charge in [0.15, 0.2) is 0 Å². The third-order valence-corrected chi connectivity index (χ3v) is 4.64. The number of nitrogens with two attached hydrogens (primary N) is 1. The average molecular weight is 362 g/mol. The molecule has 5 heteroatoms. The lowest BCUT2D eigenvalue weighted by Gasteiger charge is -2.17. The van der Waals surface area contributed by atoms with Gasteiger partial charge in [-0.2, -0.15) is 5.10 Å². The maximum absolute atomic E-state index is 12.4. The minimum Gasteiger partial charge on any atom is -0.399 e. The van der Waals surface area contributed by atoms with Crippen LogP contribution in [0.5, 0.6) is 0 Å². The SMILES string of the molecule is CN(CCCCCc1cc(-c2ccccc2)n[nH]1)C(=O)c1ccc(N)cc1. The number of carbonyl (C=O) groups excluding carboxylic acids is 1. The number of aryl methyl sites for hydroxylation is 1. The van der Waals surface area contributed by atoms with Crippen molar-refractivity contribution < 1.29 is 4.79 Å². The smallest absolute Gasteiger partial charge is 0.253 e. The van der Waals surface area contributed by atoms with E-state index in [1.54, 1.807) is 29.2 Å². The number of carbonyl (C=O) groups is 1. The van der Waals surface area contributed by atoms with Crippen LogP contribution in [-0.4, -0.2) is 34.6 Å².